The Morgan fingerprint density at radius 3 is 2.81 bits per heavy atom. The second kappa shape index (κ2) is 7.28. The smallest absolute Gasteiger partial charge is 0.193 e. The van der Waals surface area contributed by atoms with Gasteiger partial charge in [-0.2, -0.15) is 0 Å². The molecule has 0 spiro atoms. The number of nitrogens with zero attached hydrogens (tertiary/aromatic N) is 4. The molecule has 0 atom stereocenters. The molecule has 0 aliphatic heterocycles. The molecule has 1 aromatic heterocycles. The SMILES string of the molecule is CCc1nncn1CCN=C(N)Nc1ccc(OC)cc1. The van der Waals surface area contributed by atoms with Gasteiger partial charge in [-0.25, -0.2) is 0 Å². The number of hydrogen-bond acceptors (Lipinski definition) is 4. The maximum Gasteiger partial charge on any atom is 0.193 e. The summed E-state index contributed by atoms with van der Waals surface area (Å²) in [5.74, 6) is 2.13. The van der Waals surface area contributed by atoms with Crippen LogP contribution in [0, 0.1) is 0 Å². The number of nitrogens with one attached hydrogen (secondary N) is 1. The number of hydrogen-bond donors (Lipinski definition) is 2. The first-order valence-electron chi connectivity index (χ1n) is 6.80. The summed E-state index contributed by atoms with van der Waals surface area (Å²) in [6.45, 7) is 3.32. The van der Waals surface area contributed by atoms with Crippen LogP contribution in [0.1, 0.15) is 12.7 Å². The molecule has 0 saturated carbocycles. The molecule has 0 unspecified atom stereocenters. The van der Waals surface area contributed by atoms with Crippen LogP contribution < -0.4 is 15.8 Å². The maximum atomic E-state index is 5.85. The minimum atomic E-state index is 0.381. The minimum Gasteiger partial charge on any atom is -0.497 e. The molecule has 21 heavy (non-hydrogen) atoms. The number of methoxy groups -OCH3 is 1. The van der Waals surface area contributed by atoms with Crippen molar-refractivity contribution in [3.05, 3.63) is 36.4 Å². The number of aryl methyl sites for hydroxylation is 1. The number of anilines is 1. The number of aliphatic imine (C=N–C) groups is 1. The van der Waals surface area contributed by atoms with Gasteiger partial charge in [0, 0.05) is 18.7 Å². The summed E-state index contributed by atoms with van der Waals surface area (Å²) in [4.78, 5) is 4.29. The predicted molar refractivity (Wildman–Crippen MR) is 82.5 cm³/mol. The summed E-state index contributed by atoms with van der Waals surface area (Å²) in [7, 11) is 1.63. The van der Waals surface area contributed by atoms with Gasteiger partial charge in [0.2, 0.25) is 0 Å². The number of guanidine groups is 1. The van der Waals surface area contributed by atoms with E-state index in [9.17, 15) is 0 Å². The molecular formula is C14H20N6O. The van der Waals surface area contributed by atoms with Crippen molar-refractivity contribution in [2.45, 2.75) is 19.9 Å². The molecule has 112 valence electrons. The maximum absolute atomic E-state index is 5.85. The van der Waals surface area contributed by atoms with Crippen LogP contribution in [0.4, 0.5) is 5.69 Å². The van der Waals surface area contributed by atoms with Crippen molar-refractivity contribution in [3.8, 4) is 5.75 Å². The van der Waals surface area contributed by atoms with Crippen molar-refractivity contribution in [1.29, 1.82) is 0 Å². The highest BCUT2D eigenvalue weighted by molar-refractivity contribution is 5.92. The van der Waals surface area contributed by atoms with Crippen LogP contribution in [0.25, 0.3) is 0 Å². The van der Waals surface area contributed by atoms with Crippen molar-refractivity contribution < 1.29 is 4.74 Å². The fourth-order valence-corrected chi connectivity index (χ4v) is 1.88. The first-order valence-corrected chi connectivity index (χ1v) is 6.80. The van der Waals surface area contributed by atoms with Crippen LogP contribution in [0.15, 0.2) is 35.6 Å². The quantitative estimate of drug-likeness (QED) is 0.617. The number of ether oxygens (including phenoxy) is 1. The van der Waals surface area contributed by atoms with E-state index in [2.05, 4.69) is 20.5 Å². The molecule has 0 fully saturated rings. The lowest BCUT2D eigenvalue weighted by Crippen LogP contribution is -2.23. The van der Waals surface area contributed by atoms with Crippen molar-refractivity contribution in [1.82, 2.24) is 14.8 Å². The second-order valence-electron chi connectivity index (χ2n) is 4.41. The Hall–Kier alpha value is -2.57. The average Bonchev–Trinajstić information content (AvgIpc) is 2.95. The monoisotopic (exact) mass is 288 g/mol. The van der Waals surface area contributed by atoms with Gasteiger partial charge < -0.3 is 20.4 Å². The fourth-order valence-electron chi connectivity index (χ4n) is 1.88. The van der Waals surface area contributed by atoms with Gasteiger partial charge in [0.1, 0.15) is 17.9 Å². The van der Waals surface area contributed by atoms with Crippen molar-refractivity contribution in [3.63, 3.8) is 0 Å². The van der Waals surface area contributed by atoms with Gasteiger partial charge in [0.25, 0.3) is 0 Å². The second-order valence-corrected chi connectivity index (χ2v) is 4.41. The van der Waals surface area contributed by atoms with Gasteiger partial charge in [-0.05, 0) is 24.3 Å². The molecule has 7 heteroatoms. The summed E-state index contributed by atoms with van der Waals surface area (Å²) in [6, 6.07) is 7.49. The molecule has 7 nitrogen and oxygen atoms in total. The van der Waals surface area contributed by atoms with E-state index in [0.717, 1.165) is 23.7 Å². The van der Waals surface area contributed by atoms with Crippen LogP contribution in [0.2, 0.25) is 0 Å². The first kappa shape index (κ1) is 14.8. The molecule has 2 rings (SSSR count). The third-order valence-corrected chi connectivity index (χ3v) is 3.00. The minimum absolute atomic E-state index is 0.381. The number of aromatic nitrogens is 3. The molecular weight excluding hydrogens is 268 g/mol. The molecule has 0 saturated heterocycles. The van der Waals surface area contributed by atoms with E-state index in [1.807, 2.05) is 35.8 Å². The van der Waals surface area contributed by atoms with Gasteiger partial charge in [-0.15, -0.1) is 10.2 Å². The first-order chi connectivity index (χ1) is 10.2. The Morgan fingerprint density at radius 2 is 2.14 bits per heavy atom. The van der Waals surface area contributed by atoms with Crippen molar-refractivity contribution in [2.75, 3.05) is 19.0 Å². The highest BCUT2D eigenvalue weighted by atomic mass is 16.5. The van der Waals surface area contributed by atoms with Gasteiger partial charge in [0.05, 0.1) is 13.7 Å². The summed E-state index contributed by atoms with van der Waals surface area (Å²) < 4.78 is 7.07. The number of nitrogens with two attached hydrogens (primary N) is 1. The average molecular weight is 288 g/mol. The van der Waals surface area contributed by atoms with Crippen molar-refractivity contribution in [2.24, 2.45) is 10.7 Å². The number of rotatable bonds is 6. The third-order valence-electron chi connectivity index (χ3n) is 3.00. The van der Waals surface area contributed by atoms with E-state index in [0.29, 0.717) is 19.0 Å². The highest BCUT2D eigenvalue weighted by Crippen LogP contribution is 2.14. The molecule has 0 amide bonds. The van der Waals surface area contributed by atoms with E-state index in [4.69, 9.17) is 10.5 Å². The third kappa shape index (κ3) is 4.20. The van der Waals surface area contributed by atoms with E-state index in [1.165, 1.54) is 0 Å². The van der Waals surface area contributed by atoms with Crippen molar-refractivity contribution >= 4 is 11.6 Å². The normalized spacial score (nSPS) is 11.4. The zero-order valence-corrected chi connectivity index (χ0v) is 12.3. The molecule has 2 aromatic rings. The Bertz CT molecular complexity index is 590. The van der Waals surface area contributed by atoms with Gasteiger partial charge >= 0.3 is 0 Å². The summed E-state index contributed by atoms with van der Waals surface area (Å²) in [6.07, 6.45) is 2.56. The Balaban J connectivity index is 1.86. The zero-order valence-electron chi connectivity index (χ0n) is 12.3. The fraction of sp³-hybridized carbons (Fsp3) is 0.357. The summed E-state index contributed by atoms with van der Waals surface area (Å²) >= 11 is 0. The van der Waals surface area contributed by atoms with E-state index in [1.54, 1.807) is 13.4 Å². The molecule has 0 aliphatic rings. The van der Waals surface area contributed by atoms with E-state index < -0.39 is 0 Å². The largest absolute Gasteiger partial charge is 0.497 e. The van der Waals surface area contributed by atoms with Crippen LogP contribution in [-0.2, 0) is 13.0 Å². The summed E-state index contributed by atoms with van der Waals surface area (Å²) in [5, 5.41) is 10.9. The Morgan fingerprint density at radius 1 is 1.38 bits per heavy atom. The van der Waals surface area contributed by atoms with E-state index in [-0.39, 0.29) is 0 Å². The molecule has 0 radical (unpaired) electrons. The zero-order chi connectivity index (χ0) is 15.1. The van der Waals surface area contributed by atoms with E-state index >= 15 is 0 Å². The predicted octanol–water partition coefficient (Wildman–Crippen LogP) is 1.28. The lowest BCUT2D eigenvalue weighted by Gasteiger charge is -2.07. The van der Waals surface area contributed by atoms with Gasteiger partial charge in [-0.3, -0.25) is 4.99 Å². The Kier molecular flexibility index (Phi) is 5.14. The molecule has 0 aliphatic carbocycles. The topological polar surface area (TPSA) is 90.4 Å². The molecule has 1 aromatic carbocycles. The molecule has 3 N–H and O–H groups in total. The molecule has 1 heterocycles. The van der Waals surface area contributed by atoms with Crippen LogP contribution in [0.3, 0.4) is 0 Å². The lowest BCUT2D eigenvalue weighted by molar-refractivity contribution is 0.415. The summed E-state index contributed by atoms with van der Waals surface area (Å²) in [5.41, 5.74) is 6.72. The van der Waals surface area contributed by atoms with Crippen LogP contribution >= 0.6 is 0 Å². The van der Waals surface area contributed by atoms with Crippen LogP contribution in [-0.4, -0.2) is 34.4 Å². The molecule has 0 bridgehead atoms. The Labute approximate surface area is 123 Å². The van der Waals surface area contributed by atoms with Gasteiger partial charge in [-0.1, -0.05) is 6.92 Å². The standard InChI is InChI=1S/C14H20N6O/c1-3-13-19-17-10-20(13)9-8-16-14(15)18-11-4-6-12(21-2)7-5-11/h4-7,10H,3,8-9H2,1-2H3,(H3,15,16,18). The van der Waals surface area contributed by atoms with Crippen LogP contribution in [0.5, 0.6) is 5.75 Å². The van der Waals surface area contributed by atoms with Gasteiger partial charge in [0.15, 0.2) is 5.96 Å². The number of benzene rings is 1. The lowest BCUT2D eigenvalue weighted by atomic mass is 10.3. The highest BCUT2D eigenvalue weighted by Gasteiger charge is 2.00.